The van der Waals surface area contributed by atoms with Gasteiger partial charge in [0.2, 0.25) is 0 Å². The van der Waals surface area contributed by atoms with Crippen molar-refractivity contribution < 1.29 is 9.59 Å². The zero-order valence-electron chi connectivity index (χ0n) is 17.6. The molecule has 3 amide bonds. The van der Waals surface area contributed by atoms with Crippen molar-refractivity contribution in [3.63, 3.8) is 0 Å². The zero-order chi connectivity index (χ0) is 21.7. The first-order chi connectivity index (χ1) is 15.6. The van der Waals surface area contributed by atoms with E-state index in [-0.39, 0.29) is 5.91 Å². The van der Waals surface area contributed by atoms with Gasteiger partial charge >= 0.3 is 6.03 Å². The number of anilines is 1. The number of thiophene rings is 1. The zero-order valence-corrected chi connectivity index (χ0v) is 18.5. The highest BCUT2D eigenvalue weighted by Gasteiger charge is 2.31. The maximum Gasteiger partial charge on any atom is 0.322 e. The van der Waals surface area contributed by atoms with Crippen molar-refractivity contribution in [3.8, 4) is 10.6 Å². The van der Waals surface area contributed by atoms with Gasteiger partial charge in [-0.05, 0) is 50.9 Å². The highest BCUT2D eigenvalue weighted by molar-refractivity contribution is 7.15. The third kappa shape index (κ3) is 3.84. The highest BCUT2D eigenvalue weighted by atomic mass is 32.1. The van der Waals surface area contributed by atoms with Gasteiger partial charge < -0.3 is 10.6 Å². The molecule has 0 bridgehead atoms. The van der Waals surface area contributed by atoms with Gasteiger partial charge in [0.15, 0.2) is 5.65 Å². The molecule has 166 valence electrons. The number of carbonyl (C=O) groups excluding carboxylic acids is 2. The van der Waals surface area contributed by atoms with Crippen LogP contribution in [0.15, 0.2) is 24.4 Å². The van der Waals surface area contributed by atoms with Crippen LogP contribution in [-0.4, -0.2) is 56.6 Å². The van der Waals surface area contributed by atoms with E-state index < -0.39 is 12.1 Å². The van der Waals surface area contributed by atoms with E-state index in [1.165, 1.54) is 30.8 Å². The Morgan fingerprint density at radius 1 is 1.19 bits per heavy atom. The first-order valence-electron chi connectivity index (χ1n) is 11.2. The van der Waals surface area contributed by atoms with E-state index in [1.54, 1.807) is 17.5 Å². The number of aromatic nitrogens is 3. The van der Waals surface area contributed by atoms with E-state index in [1.807, 2.05) is 4.52 Å². The van der Waals surface area contributed by atoms with E-state index in [9.17, 15) is 9.59 Å². The van der Waals surface area contributed by atoms with Crippen LogP contribution in [0.5, 0.6) is 0 Å². The van der Waals surface area contributed by atoms with Crippen molar-refractivity contribution in [1.82, 2.24) is 30.1 Å². The molecule has 1 unspecified atom stereocenters. The third-order valence-corrected chi connectivity index (χ3v) is 7.34. The van der Waals surface area contributed by atoms with Gasteiger partial charge in [-0.25, -0.2) is 9.78 Å². The lowest BCUT2D eigenvalue weighted by molar-refractivity contribution is -0.120. The van der Waals surface area contributed by atoms with Crippen molar-refractivity contribution in [1.29, 1.82) is 0 Å². The summed E-state index contributed by atoms with van der Waals surface area (Å²) in [6.07, 6.45) is 6.98. The van der Waals surface area contributed by atoms with Crippen LogP contribution in [0.3, 0.4) is 0 Å². The number of nitrogens with zero attached hydrogens (tertiary/aromatic N) is 4. The average molecular weight is 452 g/mol. The molecule has 1 atom stereocenters. The number of rotatable bonds is 7. The first kappa shape index (κ1) is 19.7. The van der Waals surface area contributed by atoms with Gasteiger partial charge in [-0.2, -0.15) is 9.61 Å². The minimum Gasteiger partial charge on any atom is -0.367 e. The Morgan fingerprint density at radius 2 is 2.03 bits per heavy atom. The quantitative estimate of drug-likeness (QED) is 0.477. The van der Waals surface area contributed by atoms with Crippen molar-refractivity contribution in [2.45, 2.75) is 50.7 Å². The van der Waals surface area contributed by atoms with Gasteiger partial charge in [0.1, 0.15) is 11.9 Å². The largest absolute Gasteiger partial charge is 0.367 e. The van der Waals surface area contributed by atoms with Gasteiger partial charge in [-0.3, -0.25) is 15.0 Å². The fourth-order valence-electron chi connectivity index (χ4n) is 4.40. The van der Waals surface area contributed by atoms with Crippen LogP contribution >= 0.6 is 11.3 Å². The Kier molecular flexibility index (Phi) is 4.83. The van der Waals surface area contributed by atoms with E-state index in [4.69, 9.17) is 4.98 Å². The molecule has 6 rings (SSSR count). The number of nitrogens with one attached hydrogen (secondary N) is 3. The smallest absolute Gasteiger partial charge is 0.322 e. The van der Waals surface area contributed by atoms with Gasteiger partial charge in [0.25, 0.3) is 5.91 Å². The SMILES string of the molecule is O=C1NC(=O)C(Cc2cnn3c(NC4CC4)cc(-c4ccc(CN5CCCC5)s4)nc23)N1. The molecule has 2 saturated heterocycles. The third-order valence-electron chi connectivity index (χ3n) is 6.25. The summed E-state index contributed by atoms with van der Waals surface area (Å²) in [6, 6.07) is 5.83. The maximum absolute atomic E-state index is 12.0. The molecule has 1 aliphatic carbocycles. The lowest BCUT2D eigenvalue weighted by Gasteiger charge is -2.12. The summed E-state index contributed by atoms with van der Waals surface area (Å²) in [7, 11) is 0. The molecule has 3 aromatic heterocycles. The number of hydrogen-bond acceptors (Lipinski definition) is 7. The molecule has 3 aromatic rings. The Labute approximate surface area is 189 Å². The van der Waals surface area contributed by atoms with E-state index in [0.717, 1.165) is 41.3 Å². The first-order valence-corrected chi connectivity index (χ1v) is 12.0. The summed E-state index contributed by atoms with van der Waals surface area (Å²) in [6.45, 7) is 3.35. The topological polar surface area (TPSA) is 104 Å². The second-order valence-electron chi connectivity index (χ2n) is 8.82. The molecule has 32 heavy (non-hydrogen) atoms. The predicted octanol–water partition coefficient (Wildman–Crippen LogP) is 2.38. The molecule has 3 fully saturated rings. The average Bonchev–Trinajstić information content (AvgIpc) is 3.17. The molecule has 0 spiro atoms. The predicted molar refractivity (Wildman–Crippen MR) is 122 cm³/mol. The molecule has 5 heterocycles. The Bertz CT molecular complexity index is 1190. The van der Waals surface area contributed by atoms with Crippen LogP contribution in [-0.2, 0) is 17.8 Å². The number of imide groups is 1. The van der Waals surface area contributed by atoms with Gasteiger partial charge in [0.05, 0.1) is 16.8 Å². The number of urea groups is 1. The molecule has 10 heteroatoms. The Morgan fingerprint density at radius 3 is 2.78 bits per heavy atom. The summed E-state index contributed by atoms with van der Waals surface area (Å²) < 4.78 is 1.81. The van der Waals surface area contributed by atoms with Crippen molar-refractivity contribution >= 4 is 34.7 Å². The van der Waals surface area contributed by atoms with Gasteiger partial charge in [0, 0.05) is 35.5 Å². The number of carbonyl (C=O) groups is 2. The standard InChI is InChI=1S/C22H25N7O2S/c30-21-17(26-22(31)27-21)9-13-11-23-29-19(24-14-3-4-14)10-16(25-20(13)29)18-6-5-15(32-18)12-28-7-1-2-8-28/h5-6,10-11,14,17,24H,1-4,7-9,12H2,(H2,26,27,30,31). The van der Waals surface area contributed by atoms with E-state index >= 15 is 0 Å². The molecular weight excluding hydrogens is 426 g/mol. The van der Waals surface area contributed by atoms with Crippen LogP contribution < -0.4 is 16.0 Å². The molecule has 3 N–H and O–H groups in total. The molecule has 1 saturated carbocycles. The number of fused-ring (bicyclic) bond motifs is 1. The summed E-state index contributed by atoms with van der Waals surface area (Å²) >= 11 is 1.78. The molecule has 9 nitrogen and oxygen atoms in total. The summed E-state index contributed by atoms with van der Waals surface area (Å²) in [5, 5.41) is 13.1. The highest BCUT2D eigenvalue weighted by Crippen LogP contribution is 2.33. The Balaban J connectivity index is 1.34. The maximum atomic E-state index is 12.0. The minimum atomic E-state index is -0.602. The molecule has 2 aliphatic heterocycles. The summed E-state index contributed by atoms with van der Waals surface area (Å²) in [4.78, 5) is 33.5. The van der Waals surface area contributed by atoms with Crippen LogP contribution in [0.4, 0.5) is 10.6 Å². The Hall–Kier alpha value is -2.98. The summed E-state index contributed by atoms with van der Waals surface area (Å²) in [5.74, 6) is 0.597. The lowest BCUT2D eigenvalue weighted by atomic mass is 10.1. The summed E-state index contributed by atoms with van der Waals surface area (Å²) in [5.41, 5.74) is 2.45. The van der Waals surface area contributed by atoms with E-state index in [0.29, 0.717) is 18.1 Å². The molecular formula is C22H25N7O2S. The fourth-order valence-corrected chi connectivity index (χ4v) is 5.41. The molecule has 3 aliphatic rings. The van der Waals surface area contributed by atoms with Crippen LogP contribution in [0.25, 0.3) is 16.2 Å². The second-order valence-corrected chi connectivity index (χ2v) is 9.99. The number of hydrogen-bond donors (Lipinski definition) is 3. The second kappa shape index (κ2) is 7.86. The normalized spacial score (nSPS) is 21.3. The molecule has 0 radical (unpaired) electrons. The number of amides is 3. The van der Waals surface area contributed by atoms with Crippen LogP contribution in [0, 0.1) is 0 Å². The number of likely N-dealkylation sites (tertiary alicyclic amines) is 1. The lowest BCUT2D eigenvalue weighted by Crippen LogP contribution is -2.31. The van der Waals surface area contributed by atoms with Gasteiger partial charge in [-0.15, -0.1) is 11.3 Å². The van der Waals surface area contributed by atoms with Crippen molar-refractivity contribution in [3.05, 3.63) is 34.8 Å². The fraction of sp³-hybridized carbons (Fsp3) is 0.455. The monoisotopic (exact) mass is 451 g/mol. The van der Waals surface area contributed by atoms with Crippen molar-refractivity contribution in [2.24, 2.45) is 0 Å². The minimum absolute atomic E-state index is 0.313. The van der Waals surface area contributed by atoms with Gasteiger partial charge in [-0.1, -0.05) is 0 Å². The van der Waals surface area contributed by atoms with E-state index in [2.05, 4.69) is 44.1 Å². The van der Waals surface area contributed by atoms with Crippen molar-refractivity contribution in [2.75, 3.05) is 18.4 Å². The van der Waals surface area contributed by atoms with Crippen LogP contribution in [0.1, 0.15) is 36.1 Å². The molecule has 0 aromatic carbocycles. The van der Waals surface area contributed by atoms with Crippen LogP contribution in [0.2, 0.25) is 0 Å².